The highest BCUT2D eigenvalue weighted by Gasteiger charge is 2.40. The average molecular weight is 510 g/mol. The molecule has 0 saturated carbocycles. The summed E-state index contributed by atoms with van der Waals surface area (Å²) in [6.07, 6.45) is 1.38. The molecule has 2 amide bonds. The highest BCUT2D eigenvalue weighted by atomic mass is 32.2. The summed E-state index contributed by atoms with van der Waals surface area (Å²) in [7, 11) is 0. The number of carbonyl (C=O) groups excluding carboxylic acids is 2. The van der Waals surface area contributed by atoms with E-state index in [0.717, 1.165) is 23.1 Å². The summed E-state index contributed by atoms with van der Waals surface area (Å²) in [6.45, 7) is 8.26. The van der Waals surface area contributed by atoms with Crippen LogP contribution in [0.25, 0.3) is 0 Å². The molecular weight excluding hydrogens is 478 g/mol. The fraction of sp³-hybridized carbons (Fsp3) is 0.258. The summed E-state index contributed by atoms with van der Waals surface area (Å²) in [5, 5.41) is 12.9. The van der Waals surface area contributed by atoms with Crippen molar-refractivity contribution in [2.75, 3.05) is 10.2 Å². The van der Waals surface area contributed by atoms with Crippen LogP contribution >= 0.6 is 11.8 Å². The van der Waals surface area contributed by atoms with Crippen molar-refractivity contribution >= 4 is 35.0 Å². The molecule has 3 aromatic carbocycles. The normalized spacial score (nSPS) is 16.6. The minimum atomic E-state index is -0.524. The van der Waals surface area contributed by atoms with Gasteiger partial charge in [0.1, 0.15) is 16.7 Å². The lowest BCUT2D eigenvalue weighted by atomic mass is 10.00. The first-order chi connectivity index (χ1) is 17.8. The minimum Gasteiger partial charge on any atom is -0.321 e. The van der Waals surface area contributed by atoms with E-state index in [4.69, 9.17) is 0 Å². The Kier molecular flexibility index (Phi) is 8.15. The van der Waals surface area contributed by atoms with Gasteiger partial charge in [-0.3, -0.25) is 14.5 Å². The van der Waals surface area contributed by atoms with Crippen molar-refractivity contribution < 1.29 is 9.59 Å². The molecule has 3 aromatic rings. The third kappa shape index (κ3) is 5.79. The largest absolute Gasteiger partial charge is 0.321 e. The lowest BCUT2D eigenvalue weighted by Crippen LogP contribution is -2.31. The molecule has 0 spiro atoms. The standard InChI is InChI=1S/C31H31N3O2S/c1-5-22-12-16-25(17-13-22)34-30(36)28(18-23-10-14-24(15-11-23)20(2)3)37-31(34)26(19-32)29(35)33-27-9-7-6-8-21(27)4/h6-17,20,28H,5,18H2,1-4H3,(H,33,35)/b31-26-. The van der Waals surface area contributed by atoms with E-state index in [1.54, 1.807) is 6.07 Å². The Hall–Kier alpha value is -3.82. The second kappa shape index (κ2) is 11.5. The van der Waals surface area contributed by atoms with Gasteiger partial charge in [0.2, 0.25) is 5.91 Å². The molecule has 1 atom stereocenters. The lowest BCUT2D eigenvalue weighted by Gasteiger charge is -2.19. The van der Waals surface area contributed by atoms with Gasteiger partial charge in [0.05, 0.1) is 5.25 Å². The predicted molar refractivity (Wildman–Crippen MR) is 151 cm³/mol. The average Bonchev–Trinajstić information content (AvgIpc) is 3.21. The van der Waals surface area contributed by atoms with Gasteiger partial charge < -0.3 is 5.32 Å². The third-order valence-corrected chi connectivity index (χ3v) is 7.83. The number of thioether (sulfide) groups is 1. The highest BCUT2D eigenvalue weighted by molar-refractivity contribution is 8.05. The van der Waals surface area contributed by atoms with E-state index < -0.39 is 11.2 Å². The van der Waals surface area contributed by atoms with Gasteiger partial charge in [0.15, 0.2) is 0 Å². The number of rotatable bonds is 7. The van der Waals surface area contributed by atoms with Crippen LogP contribution in [0, 0.1) is 18.3 Å². The summed E-state index contributed by atoms with van der Waals surface area (Å²) >= 11 is 1.29. The van der Waals surface area contributed by atoms with Crippen molar-refractivity contribution in [3.63, 3.8) is 0 Å². The number of nitriles is 1. The maximum absolute atomic E-state index is 13.7. The van der Waals surface area contributed by atoms with Crippen molar-refractivity contribution in [3.8, 4) is 6.07 Å². The SMILES string of the molecule is CCc1ccc(N2C(=O)C(Cc3ccc(C(C)C)cc3)S/C2=C(/C#N)C(=O)Nc2ccccc2C)cc1. The van der Waals surface area contributed by atoms with E-state index in [-0.39, 0.29) is 11.5 Å². The number of carbonyl (C=O) groups is 2. The molecule has 37 heavy (non-hydrogen) atoms. The Morgan fingerprint density at radius 3 is 2.27 bits per heavy atom. The quantitative estimate of drug-likeness (QED) is 0.283. The second-order valence-electron chi connectivity index (χ2n) is 9.46. The number of amides is 2. The predicted octanol–water partition coefficient (Wildman–Crippen LogP) is 6.75. The van der Waals surface area contributed by atoms with Crippen LogP contribution in [0.15, 0.2) is 83.4 Å². The molecule has 1 aliphatic heterocycles. The Bertz CT molecular complexity index is 1370. The van der Waals surface area contributed by atoms with Gasteiger partial charge in [-0.25, -0.2) is 0 Å². The first-order valence-corrected chi connectivity index (χ1v) is 13.4. The number of para-hydroxylation sites is 1. The Morgan fingerprint density at radius 2 is 1.68 bits per heavy atom. The molecule has 1 heterocycles. The van der Waals surface area contributed by atoms with Gasteiger partial charge >= 0.3 is 0 Å². The molecule has 1 fully saturated rings. The van der Waals surface area contributed by atoms with Gasteiger partial charge in [0, 0.05) is 11.4 Å². The van der Waals surface area contributed by atoms with Crippen molar-refractivity contribution in [2.45, 2.75) is 51.7 Å². The molecule has 5 nitrogen and oxygen atoms in total. The van der Waals surface area contributed by atoms with Gasteiger partial charge in [-0.1, -0.05) is 87.1 Å². The number of nitrogens with one attached hydrogen (secondary N) is 1. The number of hydrogen-bond acceptors (Lipinski definition) is 4. The molecule has 6 heteroatoms. The van der Waals surface area contributed by atoms with Gasteiger partial charge in [-0.2, -0.15) is 5.26 Å². The summed E-state index contributed by atoms with van der Waals surface area (Å²) in [5.74, 6) is -0.226. The van der Waals surface area contributed by atoms with Gasteiger partial charge in [0.25, 0.3) is 5.91 Å². The van der Waals surface area contributed by atoms with Crippen LogP contribution in [0.5, 0.6) is 0 Å². The number of anilines is 2. The number of hydrogen-bond donors (Lipinski definition) is 1. The van der Waals surface area contributed by atoms with E-state index in [9.17, 15) is 14.9 Å². The van der Waals surface area contributed by atoms with E-state index in [2.05, 4.69) is 56.4 Å². The first-order valence-electron chi connectivity index (χ1n) is 12.5. The molecule has 0 bridgehead atoms. The van der Waals surface area contributed by atoms with E-state index >= 15 is 0 Å². The number of nitrogens with zero attached hydrogens (tertiary/aromatic N) is 2. The summed E-state index contributed by atoms with van der Waals surface area (Å²) in [5.41, 5.74) is 5.54. The molecule has 4 rings (SSSR count). The molecule has 1 saturated heterocycles. The van der Waals surface area contributed by atoms with Crippen molar-refractivity contribution in [3.05, 3.63) is 106 Å². The van der Waals surface area contributed by atoms with Gasteiger partial charge in [-0.05, 0) is 66.1 Å². The van der Waals surface area contributed by atoms with Crippen LogP contribution in [-0.2, 0) is 22.4 Å². The summed E-state index contributed by atoms with van der Waals surface area (Å²) < 4.78 is 0. The molecule has 1 N–H and O–H groups in total. The van der Waals surface area contributed by atoms with Crippen LogP contribution in [0.3, 0.4) is 0 Å². The zero-order valence-electron chi connectivity index (χ0n) is 21.6. The van der Waals surface area contributed by atoms with Crippen molar-refractivity contribution in [2.24, 2.45) is 0 Å². The Balaban J connectivity index is 1.71. The summed E-state index contributed by atoms with van der Waals surface area (Å²) in [6, 6.07) is 25.5. The molecule has 0 radical (unpaired) electrons. The van der Waals surface area contributed by atoms with Crippen LogP contribution in [0.4, 0.5) is 11.4 Å². The first kappa shape index (κ1) is 26.2. The molecular formula is C31H31N3O2S. The lowest BCUT2D eigenvalue weighted by molar-refractivity contribution is -0.117. The Morgan fingerprint density at radius 1 is 1.03 bits per heavy atom. The third-order valence-electron chi connectivity index (χ3n) is 6.57. The zero-order valence-corrected chi connectivity index (χ0v) is 22.4. The topological polar surface area (TPSA) is 73.2 Å². The number of aryl methyl sites for hydroxylation is 2. The van der Waals surface area contributed by atoms with Crippen LogP contribution in [-0.4, -0.2) is 17.1 Å². The fourth-order valence-electron chi connectivity index (χ4n) is 4.25. The maximum Gasteiger partial charge on any atom is 0.269 e. The number of benzene rings is 3. The fourth-order valence-corrected chi connectivity index (χ4v) is 5.56. The molecule has 1 aliphatic rings. The smallest absolute Gasteiger partial charge is 0.269 e. The minimum absolute atomic E-state index is 0.0705. The van der Waals surface area contributed by atoms with Crippen LogP contribution < -0.4 is 10.2 Å². The van der Waals surface area contributed by atoms with E-state index in [0.29, 0.717) is 28.7 Å². The van der Waals surface area contributed by atoms with Gasteiger partial charge in [-0.15, -0.1) is 0 Å². The zero-order chi connectivity index (χ0) is 26.5. The summed E-state index contributed by atoms with van der Waals surface area (Å²) in [4.78, 5) is 28.6. The van der Waals surface area contributed by atoms with Crippen LogP contribution in [0.2, 0.25) is 0 Å². The van der Waals surface area contributed by atoms with Crippen molar-refractivity contribution in [1.29, 1.82) is 5.26 Å². The van der Waals surface area contributed by atoms with E-state index in [1.165, 1.54) is 22.2 Å². The highest BCUT2D eigenvalue weighted by Crippen LogP contribution is 2.42. The molecule has 188 valence electrons. The molecule has 0 aliphatic carbocycles. The monoisotopic (exact) mass is 509 g/mol. The Labute approximate surface area is 223 Å². The van der Waals surface area contributed by atoms with Crippen LogP contribution in [0.1, 0.15) is 48.9 Å². The van der Waals surface area contributed by atoms with Crippen molar-refractivity contribution in [1.82, 2.24) is 0 Å². The van der Waals surface area contributed by atoms with E-state index in [1.807, 2.05) is 49.4 Å². The second-order valence-corrected chi connectivity index (χ2v) is 10.7. The maximum atomic E-state index is 13.7. The molecule has 0 aromatic heterocycles. The molecule has 1 unspecified atom stereocenters.